The highest BCUT2D eigenvalue weighted by atomic mass is 35.5. The lowest BCUT2D eigenvalue weighted by molar-refractivity contribution is -0.197. The van der Waals surface area contributed by atoms with E-state index in [-0.39, 0.29) is 11.8 Å². The van der Waals surface area contributed by atoms with Crippen LogP contribution in [0.2, 0.25) is 5.02 Å². The largest absolute Gasteiger partial charge is 0.454 e. The Hall–Kier alpha value is -1.39. The van der Waals surface area contributed by atoms with E-state index in [2.05, 4.69) is 0 Å². The third-order valence-corrected chi connectivity index (χ3v) is 6.50. The minimum atomic E-state index is -0.837. The van der Waals surface area contributed by atoms with E-state index in [1.807, 2.05) is 0 Å². The molecule has 5 atom stereocenters. The predicted octanol–water partition coefficient (Wildman–Crippen LogP) is 3.79. The average molecular weight is 363 g/mol. The van der Waals surface area contributed by atoms with Gasteiger partial charge in [-0.25, -0.2) is 0 Å². The molecule has 0 aliphatic heterocycles. The lowest BCUT2D eigenvalue weighted by atomic mass is 9.48. The van der Waals surface area contributed by atoms with E-state index in [4.69, 9.17) is 16.3 Å². The summed E-state index contributed by atoms with van der Waals surface area (Å²) < 4.78 is 5.59. The lowest BCUT2D eigenvalue weighted by Gasteiger charge is -2.58. The van der Waals surface area contributed by atoms with Gasteiger partial charge in [0.1, 0.15) is 0 Å². The van der Waals surface area contributed by atoms with Crippen molar-refractivity contribution < 1.29 is 19.4 Å². The normalized spacial score (nSPS) is 36.9. The van der Waals surface area contributed by atoms with Crippen molar-refractivity contribution in [1.29, 1.82) is 0 Å². The van der Waals surface area contributed by atoms with Gasteiger partial charge in [-0.15, -0.1) is 0 Å². The molecule has 25 heavy (non-hydrogen) atoms. The maximum Gasteiger partial charge on any atom is 0.312 e. The molecule has 4 fully saturated rings. The number of carbonyl (C=O) groups excluding carboxylic acids is 2. The Morgan fingerprint density at radius 1 is 1.16 bits per heavy atom. The molecule has 4 aliphatic rings. The third-order valence-electron chi connectivity index (χ3n) is 6.25. The van der Waals surface area contributed by atoms with Gasteiger partial charge in [-0.1, -0.05) is 11.6 Å². The molecule has 0 spiro atoms. The maximum absolute atomic E-state index is 12.9. The Bertz CT molecular complexity index is 697. The van der Waals surface area contributed by atoms with Crippen LogP contribution in [0.3, 0.4) is 0 Å². The van der Waals surface area contributed by atoms with Crippen LogP contribution in [0.4, 0.5) is 0 Å². The van der Waals surface area contributed by atoms with Crippen molar-refractivity contribution in [3.05, 3.63) is 34.9 Å². The summed E-state index contributed by atoms with van der Waals surface area (Å²) in [6.45, 7) is 1.62. The minimum absolute atomic E-state index is 0.228. The monoisotopic (exact) mass is 362 g/mol. The molecule has 4 aliphatic carbocycles. The standard InChI is InChI=1S/C20H23ClO4/c1-12(17(22)15-2-4-16(21)5-3-15)25-18(23)19-7-13-6-14(8-19)10-20(24,9-13)11-19/h2-5,12-14,24H,6-11H2,1H3/t12-,13-,14+,19?,20?/m1/s1. The Morgan fingerprint density at radius 3 is 2.32 bits per heavy atom. The van der Waals surface area contributed by atoms with Gasteiger partial charge in [-0.3, -0.25) is 9.59 Å². The summed E-state index contributed by atoms with van der Waals surface area (Å²) in [5.74, 6) is 0.269. The zero-order chi connectivity index (χ0) is 17.8. The summed E-state index contributed by atoms with van der Waals surface area (Å²) in [5, 5.41) is 11.3. The molecular weight excluding hydrogens is 340 g/mol. The minimum Gasteiger partial charge on any atom is -0.454 e. The Morgan fingerprint density at radius 2 is 1.76 bits per heavy atom. The van der Waals surface area contributed by atoms with Crippen molar-refractivity contribution in [3.63, 3.8) is 0 Å². The first-order chi connectivity index (χ1) is 11.8. The van der Waals surface area contributed by atoms with E-state index in [0.29, 0.717) is 28.8 Å². The summed E-state index contributed by atoms with van der Waals surface area (Å²) in [6, 6.07) is 6.58. The molecule has 4 nitrogen and oxygen atoms in total. The van der Waals surface area contributed by atoms with Crippen LogP contribution in [-0.2, 0) is 9.53 Å². The Kier molecular flexibility index (Phi) is 3.97. The topological polar surface area (TPSA) is 63.6 Å². The summed E-state index contributed by atoms with van der Waals surface area (Å²) in [7, 11) is 0. The average Bonchev–Trinajstić information content (AvgIpc) is 2.52. The predicted molar refractivity (Wildman–Crippen MR) is 93.4 cm³/mol. The summed E-state index contributed by atoms with van der Waals surface area (Å²) in [5.41, 5.74) is -0.839. The fourth-order valence-electron chi connectivity index (χ4n) is 5.64. The number of esters is 1. The zero-order valence-electron chi connectivity index (χ0n) is 14.3. The molecule has 4 bridgehead atoms. The highest BCUT2D eigenvalue weighted by Gasteiger charge is 2.61. The molecule has 5 rings (SSSR count). The van der Waals surface area contributed by atoms with E-state index in [9.17, 15) is 14.7 Å². The molecule has 1 N–H and O–H groups in total. The van der Waals surface area contributed by atoms with E-state index in [1.165, 1.54) is 0 Å². The van der Waals surface area contributed by atoms with Gasteiger partial charge in [0.05, 0.1) is 11.0 Å². The first-order valence-corrected chi connectivity index (χ1v) is 9.40. The van der Waals surface area contributed by atoms with Crippen molar-refractivity contribution >= 4 is 23.4 Å². The van der Waals surface area contributed by atoms with Crippen LogP contribution >= 0.6 is 11.6 Å². The van der Waals surface area contributed by atoms with Crippen molar-refractivity contribution in [3.8, 4) is 0 Å². The molecule has 0 amide bonds. The second kappa shape index (κ2) is 5.82. The number of aliphatic hydroxyl groups is 1. The number of ether oxygens (including phenoxy) is 1. The van der Waals surface area contributed by atoms with Crippen molar-refractivity contribution in [2.45, 2.75) is 57.2 Å². The number of ketones is 1. The van der Waals surface area contributed by atoms with E-state index in [1.54, 1.807) is 31.2 Å². The molecular formula is C20H23ClO4. The van der Waals surface area contributed by atoms with Gasteiger partial charge < -0.3 is 9.84 Å². The zero-order valence-corrected chi connectivity index (χ0v) is 15.1. The fraction of sp³-hybridized carbons (Fsp3) is 0.600. The van der Waals surface area contributed by atoms with Gasteiger partial charge in [-0.05, 0) is 81.5 Å². The van der Waals surface area contributed by atoms with Crippen LogP contribution in [0.25, 0.3) is 0 Å². The molecule has 1 aromatic rings. The number of halogens is 1. The first-order valence-electron chi connectivity index (χ1n) is 9.02. The molecule has 0 radical (unpaired) electrons. The van der Waals surface area contributed by atoms with Crippen LogP contribution in [0, 0.1) is 17.3 Å². The summed E-state index contributed by atoms with van der Waals surface area (Å²) >= 11 is 5.85. The first kappa shape index (κ1) is 17.0. The molecule has 2 unspecified atom stereocenters. The van der Waals surface area contributed by atoms with Gasteiger partial charge in [0.2, 0.25) is 5.78 Å². The van der Waals surface area contributed by atoms with E-state index < -0.39 is 17.1 Å². The number of Topliss-reactive ketones (excluding diaryl/α,β-unsaturated/α-hetero) is 1. The lowest BCUT2D eigenvalue weighted by Crippen LogP contribution is -2.58. The van der Waals surface area contributed by atoms with Crippen molar-refractivity contribution in [2.75, 3.05) is 0 Å². The van der Waals surface area contributed by atoms with Gasteiger partial charge in [0, 0.05) is 10.6 Å². The second-order valence-electron chi connectivity index (χ2n) is 8.38. The number of benzene rings is 1. The highest BCUT2D eigenvalue weighted by Crippen LogP contribution is 2.62. The van der Waals surface area contributed by atoms with E-state index >= 15 is 0 Å². The van der Waals surface area contributed by atoms with Gasteiger partial charge in [0.25, 0.3) is 0 Å². The molecule has 0 saturated heterocycles. The Labute approximate surface area is 152 Å². The van der Waals surface area contributed by atoms with Crippen molar-refractivity contribution in [1.82, 2.24) is 0 Å². The highest BCUT2D eigenvalue weighted by molar-refractivity contribution is 6.30. The molecule has 134 valence electrons. The molecule has 0 aromatic heterocycles. The SMILES string of the molecule is C[C@@H](OC(=O)C12C[C@@H]3C[C@@H](CC(O)(C3)C1)C2)C(=O)c1ccc(Cl)cc1. The number of hydrogen-bond donors (Lipinski definition) is 1. The van der Waals surface area contributed by atoms with Crippen LogP contribution in [0.1, 0.15) is 55.8 Å². The second-order valence-corrected chi connectivity index (χ2v) is 8.82. The fourth-order valence-corrected chi connectivity index (χ4v) is 5.77. The van der Waals surface area contributed by atoms with Gasteiger partial charge >= 0.3 is 5.97 Å². The van der Waals surface area contributed by atoms with Crippen molar-refractivity contribution in [2.24, 2.45) is 17.3 Å². The molecule has 0 heterocycles. The maximum atomic E-state index is 12.9. The molecule has 4 saturated carbocycles. The third kappa shape index (κ3) is 3.00. The summed E-state index contributed by atoms with van der Waals surface area (Å²) in [4.78, 5) is 25.4. The van der Waals surface area contributed by atoms with Crippen LogP contribution in [0.5, 0.6) is 0 Å². The quantitative estimate of drug-likeness (QED) is 0.654. The van der Waals surface area contributed by atoms with E-state index in [0.717, 1.165) is 32.1 Å². The molecule has 1 aromatic carbocycles. The van der Waals surface area contributed by atoms with Gasteiger partial charge in [-0.2, -0.15) is 0 Å². The number of rotatable bonds is 4. The van der Waals surface area contributed by atoms with Crippen LogP contribution in [0.15, 0.2) is 24.3 Å². The number of carbonyl (C=O) groups is 2. The van der Waals surface area contributed by atoms with Crippen LogP contribution < -0.4 is 0 Å². The smallest absolute Gasteiger partial charge is 0.312 e. The Balaban J connectivity index is 1.48. The molecule has 5 heteroatoms. The number of hydrogen-bond acceptors (Lipinski definition) is 4. The van der Waals surface area contributed by atoms with Gasteiger partial charge in [0.15, 0.2) is 6.10 Å². The van der Waals surface area contributed by atoms with Crippen LogP contribution in [-0.4, -0.2) is 28.6 Å². The summed E-state index contributed by atoms with van der Waals surface area (Å²) in [6.07, 6.45) is 3.93.